The van der Waals surface area contributed by atoms with Crippen LogP contribution in [0.5, 0.6) is 0 Å². The highest BCUT2D eigenvalue weighted by Gasteiger charge is 2.10. The van der Waals surface area contributed by atoms with Crippen LogP contribution in [0.25, 0.3) is 0 Å². The summed E-state index contributed by atoms with van der Waals surface area (Å²) in [6.07, 6.45) is 1.83. The molecule has 19 heavy (non-hydrogen) atoms. The van der Waals surface area contributed by atoms with Crippen molar-refractivity contribution in [1.29, 1.82) is 0 Å². The van der Waals surface area contributed by atoms with E-state index in [0.29, 0.717) is 17.1 Å². The monoisotopic (exact) mass is 281 g/mol. The molecule has 0 aliphatic heterocycles. The van der Waals surface area contributed by atoms with Crippen molar-refractivity contribution >= 4 is 11.6 Å². The van der Waals surface area contributed by atoms with Crippen molar-refractivity contribution in [1.82, 2.24) is 14.9 Å². The molecule has 0 aliphatic rings. The van der Waals surface area contributed by atoms with E-state index in [4.69, 9.17) is 11.6 Å². The number of hydrogen-bond acceptors (Lipinski definition) is 2. The van der Waals surface area contributed by atoms with Gasteiger partial charge in [0.05, 0.1) is 12.2 Å². The van der Waals surface area contributed by atoms with Gasteiger partial charge >= 0.3 is 0 Å². The maximum absolute atomic E-state index is 13.8. The van der Waals surface area contributed by atoms with Crippen molar-refractivity contribution in [2.45, 2.75) is 26.9 Å². The van der Waals surface area contributed by atoms with Crippen molar-refractivity contribution < 1.29 is 4.39 Å². The molecule has 0 spiro atoms. The molecule has 1 aromatic carbocycles. The first-order chi connectivity index (χ1) is 9.11. The van der Waals surface area contributed by atoms with E-state index in [1.807, 2.05) is 24.6 Å². The summed E-state index contributed by atoms with van der Waals surface area (Å²) in [6, 6.07) is 4.76. The third-order valence-electron chi connectivity index (χ3n) is 3.04. The molecule has 1 N–H and O–H groups in total. The lowest BCUT2D eigenvalue weighted by Crippen LogP contribution is -2.16. The normalized spacial score (nSPS) is 10.9. The van der Waals surface area contributed by atoms with Gasteiger partial charge in [-0.25, -0.2) is 9.37 Å². The highest BCUT2D eigenvalue weighted by Crippen LogP contribution is 2.17. The van der Waals surface area contributed by atoms with E-state index in [1.165, 1.54) is 6.07 Å². The van der Waals surface area contributed by atoms with Crippen LogP contribution in [0.1, 0.15) is 24.0 Å². The molecule has 102 valence electrons. The smallest absolute Gasteiger partial charge is 0.129 e. The van der Waals surface area contributed by atoms with E-state index in [9.17, 15) is 4.39 Å². The zero-order chi connectivity index (χ0) is 13.8. The van der Waals surface area contributed by atoms with Gasteiger partial charge in [0.1, 0.15) is 11.6 Å². The number of benzene rings is 1. The maximum atomic E-state index is 13.8. The summed E-state index contributed by atoms with van der Waals surface area (Å²) in [4.78, 5) is 4.29. The number of rotatable bonds is 5. The second-order valence-electron chi connectivity index (χ2n) is 4.40. The molecule has 3 nitrogen and oxygen atoms in total. The summed E-state index contributed by atoms with van der Waals surface area (Å²) in [5.74, 6) is 0.595. The quantitative estimate of drug-likeness (QED) is 0.912. The number of imidazole rings is 1. The molecule has 0 bridgehead atoms. The summed E-state index contributed by atoms with van der Waals surface area (Å²) < 4.78 is 15.8. The lowest BCUT2D eigenvalue weighted by Gasteiger charge is -2.11. The fraction of sp³-hybridized carbons (Fsp3) is 0.357. The van der Waals surface area contributed by atoms with Gasteiger partial charge < -0.3 is 9.88 Å². The Kier molecular flexibility index (Phi) is 4.56. The maximum Gasteiger partial charge on any atom is 0.129 e. The van der Waals surface area contributed by atoms with Crippen LogP contribution in [-0.2, 0) is 13.1 Å². The van der Waals surface area contributed by atoms with E-state index < -0.39 is 0 Å². The molecule has 1 heterocycles. The van der Waals surface area contributed by atoms with E-state index in [0.717, 1.165) is 24.6 Å². The van der Waals surface area contributed by atoms with Crippen LogP contribution in [0.15, 0.2) is 24.4 Å². The zero-order valence-electron chi connectivity index (χ0n) is 11.1. The summed E-state index contributed by atoms with van der Waals surface area (Å²) in [7, 11) is 0. The average molecular weight is 282 g/mol. The van der Waals surface area contributed by atoms with Gasteiger partial charge in [-0.2, -0.15) is 0 Å². The van der Waals surface area contributed by atoms with Gasteiger partial charge in [-0.15, -0.1) is 0 Å². The predicted octanol–water partition coefficient (Wildman–Crippen LogP) is 3.14. The zero-order valence-corrected chi connectivity index (χ0v) is 11.8. The molecule has 2 aromatic rings. The topological polar surface area (TPSA) is 29.9 Å². The molecule has 0 unspecified atom stereocenters. The Morgan fingerprint density at radius 3 is 2.89 bits per heavy atom. The van der Waals surface area contributed by atoms with Crippen LogP contribution in [0.3, 0.4) is 0 Å². The molecular formula is C14H17ClFN3. The minimum atomic E-state index is -0.282. The Morgan fingerprint density at radius 1 is 1.42 bits per heavy atom. The van der Waals surface area contributed by atoms with Crippen molar-refractivity contribution in [3.63, 3.8) is 0 Å². The van der Waals surface area contributed by atoms with E-state index in [1.54, 1.807) is 12.1 Å². The SMILES string of the molecule is CCNCc1cnc(C)n1Cc1ccc(Cl)cc1F. The first-order valence-corrected chi connectivity index (χ1v) is 6.65. The molecule has 0 saturated carbocycles. The Balaban J connectivity index is 2.24. The van der Waals surface area contributed by atoms with Gasteiger partial charge in [-0.05, 0) is 25.6 Å². The number of nitrogens with zero attached hydrogens (tertiary/aromatic N) is 2. The van der Waals surface area contributed by atoms with Crippen LogP contribution in [0.2, 0.25) is 5.02 Å². The van der Waals surface area contributed by atoms with Gasteiger partial charge in [-0.3, -0.25) is 0 Å². The summed E-state index contributed by atoms with van der Waals surface area (Å²) in [5, 5.41) is 3.67. The average Bonchev–Trinajstić information content (AvgIpc) is 2.71. The molecule has 0 saturated heterocycles. The number of aryl methyl sites for hydroxylation is 1. The fourth-order valence-corrected chi connectivity index (χ4v) is 2.10. The third kappa shape index (κ3) is 3.33. The summed E-state index contributed by atoms with van der Waals surface area (Å²) in [6.45, 7) is 6.05. The first-order valence-electron chi connectivity index (χ1n) is 6.27. The van der Waals surface area contributed by atoms with Gasteiger partial charge in [-0.1, -0.05) is 24.6 Å². The van der Waals surface area contributed by atoms with Crippen molar-refractivity contribution in [3.05, 3.63) is 52.3 Å². The minimum Gasteiger partial charge on any atom is -0.326 e. The highest BCUT2D eigenvalue weighted by molar-refractivity contribution is 6.30. The third-order valence-corrected chi connectivity index (χ3v) is 3.27. The number of aromatic nitrogens is 2. The lowest BCUT2D eigenvalue weighted by molar-refractivity contribution is 0.585. The molecule has 0 aliphatic carbocycles. The highest BCUT2D eigenvalue weighted by atomic mass is 35.5. The fourth-order valence-electron chi connectivity index (χ4n) is 1.95. The molecular weight excluding hydrogens is 265 g/mol. The second kappa shape index (κ2) is 6.17. The molecule has 0 fully saturated rings. The predicted molar refractivity (Wildman–Crippen MR) is 74.9 cm³/mol. The first kappa shape index (κ1) is 14.0. The van der Waals surface area contributed by atoms with E-state index >= 15 is 0 Å². The Labute approximate surface area is 117 Å². The Bertz CT molecular complexity index is 566. The second-order valence-corrected chi connectivity index (χ2v) is 4.84. The summed E-state index contributed by atoms with van der Waals surface area (Å²) >= 11 is 5.76. The lowest BCUT2D eigenvalue weighted by atomic mass is 10.2. The molecule has 2 rings (SSSR count). The van der Waals surface area contributed by atoms with Gasteiger partial charge in [0.15, 0.2) is 0 Å². The Morgan fingerprint density at radius 2 is 2.21 bits per heavy atom. The molecule has 1 aromatic heterocycles. The van der Waals surface area contributed by atoms with Crippen molar-refractivity contribution in [3.8, 4) is 0 Å². The number of hydrogen-bond donors (Lipinski definition) is 1. The van der Waals surface area contributed by atoms with Crippen LogP contribution in [0.4, 0.5) is 4.39 Å². The van der Waals surface area contributed by atoms with Gasteiger partial charge in [0.25, 0.3) is 0 Å². The largest absolute Gasteiger partial charge is 0.326 e. The van der Waals surface area contributed by atoms with Crippen LogP contribution < -0.4 is 5.32 Å². The van der Waals surface area contributed by atoms with E-state index in [-0.39, 0.29) is 5.82 Å². The van der Waals surface area contributed by atoms with E-state index in [2.05, 4.69) is 10.3 Å². The van der Waals surface area contributed by atoms with Crippen molar-refractivity contribution in [2.75, 3.05) is 6.54 Å². The molecule has 5 heteroatoms. The summed E-state index contributed by atoms with van der Waals surface area (Å²) in [5.41, 5.74) is 1.66. The molecule has 0 radical (unpaired) electrons. The standard InChI is InChI=1S/C14H17ClFN3/c1-3-17-7-13-8-18-10(2)19(13)9-11-4-5-12(15)6-14(11)16/h4-6,8,17H,3,7,9H2,1-2H3. The minimum absolute atomic E-state index is 0.282. The van der Waals surface area contributed by atoms with Crippen LogP contribution >= 0.6 is 11.6 Å². The van der Waals surface area contributed by atoms with Crippen LogP contribution in [0, 0.1) is 12.7 Å². The molecule has 0 amide bonds. The Hall–Kier alpha value is -1.39. The van der Waals surface area contributed by atoms with Gasteiger partial charge in [0, 0.05) is 23.3 Å². The van der Waals surface area contributed by atoms with Crippen LogP contribution in [-0.4, -0.2) is 16.1 Å². The molecule has 0 atom stereocenters. The van der Waals surface area contributed by atoms with Crippen molar-refractivity contribution in [2.24, 2.45) is 0 Å². The number of halogens is 2. The number of nitrogens with one attached hydrogen (secondary N) is 1. The van der Waals surface area contributed by atoms with Gasteiger partial charge in [0.2, 0.25) is 0 Å².